The number of allylic oxidation sites excluding steroid dienone is 1. The van der Waals surface area contributed by atoms with Crippen LogP contribution in [0.5, 0.6) is 0 Å². The van der Waals surface area contributed by atoms with Gasteiger partial charge in [0.2, 0.25) is 0 Å². The van der Waals surface area contributed by atoms with Crippen LogP contribution in [0, 0.1) is 0 Å². The lowest BCUT2D eigenvalue weighted by atomic mass is 9.95. The zero-order chi connectivity index (χ0) is 19.7. The number of carbonyl (C=O) groups is 2. The molecule has 28 heavy (non-hydrogen) atoms. The molecule has 2 aromatic heterocycles. The van der Waals surface area contributed by atoms with E-state index >= 15 is 0 Å². The Balaban J connectivity index is 1.60. The summed E-state index contributed by atoms with van der Waals surface area (Å²) in [6.07, 6.45) is 7.38. The van der Waals surface area contributed by atoms with Crippen molar-refractivity contribution in [2.75, 3.05) is 7.05 Å². The lowest BCUT2D eigenvalue weighted by molar-refractivity contribution is -0.127. The molecule has 8 heteroatoms. The van der Waals surface area contributed by atoms with Crippen molar-refractivity contribution in [1.29, 1.82) is 0 Å². The number of pyridine rings is 1. The number of amides is 3. The number of aryl methyl sites for hydroxylation is 1. The highest BCUT2D eigenvalue weighted by Gasteiger charge is 2.33. The molecule has 1 aliphatic heterocycles. The van der Waals surface area contributed by atoms with E-state index < -0.39 is 6.04 Å². The minimum absolute atomic E-state index is 0.175. The highest BCUT2D eigenvalue weighted by Crippen LogP contribution is 2.29. The van der Waals surface area contributed by atoms with Crippen molar-refractivity contribution >= 4 is 11.9 Å². The number of carbonyl (C=O) groups excluding carboxylic acids is 2. The standard InChI is InChI=1S/C20H23N5O3/c1-12-17(18(23-20(27)22-12)13-6-5-9-21-10-13)19(26)25(2)11-15-14-7-3-4-8-16(14)28-24-15/h5-6,9-10,18H,3-4,7-8,11H2,1-2H3,(H2,22,23,27). The van der Waals surface area contributed by atoms with Crippen LogP contribution in [0.3, 0.4) is 0 Å². The Morgan fingerprint density at radius 3 is 2.96 bits per heavy atom. The molecular formula is C20H23N5O3. The summed E-state index contributed by atoms with van der Waals surface area (Å²) in [5, 5.41) is 9.72. The number of aromatic nitrogens is 2. The minimum Gasteiger partial charge on any atom is -0.361 e. The second kappa shape index (κ2) is 7.46. The summed E-state index contributed by atoms with van der Waals surface area (Å²) in [6.45, 7) is 2.10. The van der Waals surface area contributed by atoms with Crippen LogP contribution in [0.4, 0.5) is 4.79 Å². The Morgan fingerprint density at radius 1 is 1.36 bits per heavy atom. The molecule has 8 nitrogen and oxygen atoms in total. The van der Waals surface area contributed by atoms with Crippen molar-refractivity contribution in [1.82, 2.24) is 25.7 Å². The Bertz CT molecular complexity index is 935. The summed E-state index contributed by atoms with van der Waals surface area (Å²) in [6, 6.07) is 2.74. The molecule has 0 saturated heterocycles. The van der Waals surface area contributed by atoms with Crippen LogP contribution in [0.25, 0.3) is 0 Å². The van der Waals surface area contributed by atoms with Crippen molar-refractivity contribution in [2.45, 2.75) is 45.2 Å². The van der Waals surface area contributed by atoms with Crippen molar-refractivity contribution in [2.24, 2.45) is 0 Å². The van der Waals surface area contributed by atoms with Crippen molar-refractivity contribution in [3.63, 3.8) is 0 Å². The highest BCUT2D eigenvalue weighted by molar-refractivity contribution is 5.98. The van der Waals surface area contributed by atoms with Crippen LogP contribution in [0.15, 0.2) is 40.3 Å². The molecule has 1 unspecified atom stereocenters. The van der Waals surface area contributed by atoms with E-state index in [1.54, 1.807) is 37.3 Å². The van der Waals surface area contributed by atoms with Gasteiger partial charge in [-0.25, -0.2) is 4.79 Å². The SMILES string of the molecule is CC1=C(C(=O)N(C)Cc2noc3c2CCCC3)C(c2cccnc2)NC(=O)N1. The van der Waals surface area contributed by atoms with Crippen LogP contribution < -0.4 is 10.6 Å². The fraction of sp³-hybridized carbons (Fsp3) is 0.400. The number of hydrogen-bond acceptors (Lipinski definition) is 5. The molecule has 3 heterocycles. The first-order valence-corrected chi connectivity index (χ1v) is 9.44. The van der Waals surface area contributed by atoms with E-state index in [-0.39, 0.29) is 11.9 Å². The first-order chi connectivity index (χ1) is 13.5. The molecule has 0 spiro atoms. The van der Waals surface area contributed by atoms with E-state index in [1.807, 2.05) is 6.07 Å². The lowest BCUT2D eigenvalue weighted by Gasteiger charge is -2.30. The zero-order valence-electron chi connectivity index (χ0n) is 16.0. The largest absolute Gasteiger partial charge is 0.361 e. The van der Waals surface area contributed by atoms with Gasteiger partial charge < -0.3 is 20.1 Å². The van der Waals surface area contributed by atoms with Gasteiger partial charge in [-0.05, 0) is 37.8 Å². The van der Waals surface area contributed by atoms with Gasteiger partial charge in [-0.3, -0.25) is 9.78 Å². The summed E-state index contributed by atoms with van der Waals surface area (Å²) in [4.78, 5) is 31.0. The Kier molecular flexibility index (Phi) is 4.85. The van der Waals surface area contributed by atoms with Crippen LogP contribution in [0.2, 0.25) is 0 Å². The summed E-state index contributed by atoms with van der Waals surface area (Å²) >= 11 is 0. The highest BCUT2D eigenvalue weighted by atomic mass is 16.5. The van der Waals surface area contributed by atoms with Gasteiger partial charge in [0.15, 0.2) is 0 Å². The van der Waals surface area contributed by atoms with Crippen LogP contribution >= 0.6 is 0 Å². The summed E-state index contributed by atoms with van der Waals surface area (Å²) in [5.41, 5.74) is 3.74. The number of nitrogens with one attached hydrogen (secondary N) is 2. The van der Waals surface area contributed by atoms with Crippen molar-refractivity contribution in [3.8, 4) is 0 Å². The number of nitrogens with zero attached hydrogens (tertiary/aromatic N) is 3. The molecule has 2 N–H and O–H groups in total. The van der Waals surface area contributed by atoms with Gasteiger partial charge in [0.25, 0.3) is 5.91 Å². The number of likely N-dealkylation sites (N-methyl/N-ethyl adjacent to an activating group) is 1. The number of rotatable bonds is 4. The molecule has 0 radical (unpaired) electrons. The fourth-order valence-electron chi connectivity index (χ4n) is 3.85. The van der Waals surface area contributed by atoms with Crippen molar-refractivity contribution in [3.05, 3.63) is 58.4 Å². The van der Waals surface area contributed by atoms with E-state index in [0.29, 0.717) is 17.8 Å². The average molecular weight is 381 g/mol. The maximum absolute atomic E-state index is 13.3. The minimum atomic E-state index is -0.552. The predicted molar refractivity (Wildman–Crippen MR) is 101 cm³/mol. The summed E-state index contributed by atoms with van der Waals surface area (Å²) < 4.78 is 5.46. The molecule has 1 aliphatic carbocycles. The summed E-state index contributed by atoms with van der Waals surface area (Å²) in [7, 11) is 1.74. The van der Waals surface area contributed by atoms with Crippen LogP contribution in [-0.2, 0) is 24.2 Å². The Labute approximate surface area is 163 Å². The first kappa shape index (κ1) is 18.2. The fourth-order valence-corrected chi connectivity index (χ4v) is 3.85. The second-order valence-corrected chi connectivity index (χ2v) is 7.26. The van der Waals surface area contributed by atoms with Crippen molar-refractivity contribution < 1.29 is 14.1 Å². The Hall–Kier alpha value is -3.16. The van der Waals surface area contributed by atoms with Gasteiger partial charge in [0, 0.05) is 37.1 Å². The maximum Gasteiger partial charge on any atom is 0.319 e. The van der Waals surface area contributed by atoms with Gasteiger partial charge in [0.1, 0.15) is 11.5 Å². The first-order valence-electron chi connectivity index (χ1n) is 9.44. The predicted octanol–water partition coefficient (Wildman–Crippen LogP) is 2.23. The van der Waals surface area contributed by atoms with Gasteiger partial charge in [-0.1, -0.05) is 11.2 Å². The third kappa shape index (κ3) is 3.37. The molecule has 2 aromatic rings. The lowest BCUT2D eigenvalue weighted by Crippen LogP contribution is -2.47. The molecule has 146 valence electrons. The smallest absolute Gasteiger partial charge is 0.319 e. The molecule has 3 amide bonds. The monoisotopic (exact) mass is 381 g/mol. The Morgan fingerprint density at radius 2 is 2.18 bits per heavy atom. The number of urea groups is 1. The van der Waals surface area contributed by atoms with E-state index in [9.17, 15) is 9.59 Å². The molecule has 0 saturated carbocycles. The van der Waals surface area contributed by atoms with Gasteiger partial charge in [-0.15, -0.1) is 0 Å². The third-order valence-corrected chi connectivity index (χ3v) is 5.28. The summed E-state index contributed by atoms with van der Waals surface area (Å²) in [5.74, 6) is 0.767. The molecule has 0 bridgehead atoms. The topological polar surface area (TPSA) is 100 Å². The normalized spacial score (nSPS) is 18.9. The second-order valence-electron chi connectivity index (χ2n) is 7.26. The maximum atomic E-state index is 13.3. The van der Waals surface area contributed by atoms with E-state index in [0.717, 1.165) is 48.3 Å². The molecule has 1 atom stereocenters. The zero-order valence-corrected chi connectivity index (χ0v) is 16.0. The number of fused-ring (bicyclic) bond motifs is 1. The third-order valence-electron chi connectivity index (χ3n) is 5.28. The van der Waals surface area contributed by atoms with Gasteiger partial charge in [-0.2, -0.15) is 0 Å². The van der Waals surface area contributed by atoms with Crippen LogP contribution in [-0.4, -0.2) is 34.0 Å². The quantitative estimate of drug-likeness (QED) is 0.846. The van der Waals surface area contributed by atoms with E-state index in [2.05, 4.69) is 20.8 Å². The van der Waals surface area contributed by atoms with E-state index in [4.69, 9.17) is 4.52 Å². The molecule has 0 fully saturated rings. The van der Waals surface area contributed by atoms with E-state index in [1.165, 1.54) is 0 Å². The average Bonchev–Trinajstić information content (AvgIpc) is 3.10. The van der Waals surface area contributed by atoms with Crippen LogP contribution in [0.1, 0.15) is 48.4 Å². The molecule has 0 aromatic carbocycles. The molecule has 4 rings (SSSR count). The molecule has 2 aliphatic rings. The number of hydrogen-bond donors (Lipinski definition) is 2. The van der Waals surface area contributed by atoms with Gasteiger partial charge in [0.05, 0.1) is 18.2 Å². The molecular weight excluding hydrogens is 358 g/mol. The van der Waals surface area contributed by atoms with Gasteiger partial charge >= 0.3 is 6.03 Å².